The maximum Gasteiger partial charge on any atom is 0.339 e. The molecule has 4 rings (SSSR count). The quantitative estimate of drug-likeness (QED) is 0.245. The summed E-state index contributed by atoms with van der Waals surface area (Å²) in [5, 5.41) is 1.84. The largest absolute Gasteiger partial charge is 0.493 e. The maximum atomic E-state index is 13.8. The van der Waals surface area contributed by atoms with Gasteiger partial charge < -0.3 is 13.8 Å². The van der Waals surface area contributed by atoms with Gasteiger partial charge in [-0.15, -0.1) is 0 Å². The molecule has 0 aliphatic heterocycles. The highest BCUT2D eigenvalue weighted by atomic mass is 32.2. The number of methoxy groups -OCH3 is 1. The van der Waals surface area contributed by atoms with Crippen LogP contribution in [0.5, 0.6) is 11.5 Å². The third kappa shape index (κ3) is 5.75. The van der Waals surface area contributed by atoms with E-state index in [4.69, 9.17) is 8.92 Å². The van der Waals surface area contributed by atoms with E-state index in [-0.39, 0.29) is 34.9 Å². The Hall–Kier alpha value is -3.91. The summed E-state index contributed by atoms with van der Waals surface area (Å²) in [5.74, 6) is -0.487. The fourth-order valence-electron chi connectivity index (χ4n) is 4.06. The zero-order valence-electron chi connectivity index (χ0n) is 20.8. The molecule has 0 N–H and O–H groups in total. The minimum Gasteiger partial charge on any atom is -0.493 e. The van der Waals surface area contributed by atoms with Crippen molar-refractivity contribution in [3.63, 3.8) is 0 Å². The second-order valence-corrected chi connectivity index (χ2v) is 10.2. The lowest BCUT2D eigenvalue weighted by Gasteiger charge is -2.29. The maximum absolute atomic E-state index is 13.8. The van der Waals surface area contributed by atoms with Gasteiger partial charge in [-0.1, -0.05) is 49.4 Å². The van der Waals surface area contributed by atoms with E-state index in [2.05, 4.69) is 0 Å². The van der Waals surface area contributed by atoms with Crippen LogP contribution in [0.1, 0.15) is 36.2 Å². The lowest BCUT2D eigenvalue weighted by molar-refractivity contribution is 0.0673. The first kappa shape index (κ1) is 26.2. The summed E-state index contributed by atoms with van der Waals surface area (Å²) >= 11 is 0. The Kier molecular flexibility index (Phi) is 7.78. The molecule has 192 valence electrons. The number of amides is 1. The molecule has 0 spiro atoms. The number of ether oxygens (including phenoxy) is 1. The zero-order chi connectivity index (χ0) is 26.6. The Labute approximate surface area is 216 Å². The number of nitrogens with zero attached hydrogens (tertiary/aromatic N) is 1. The van der Waals surface area contributed by atoms with E-state index >= 15 is 0 Å². The number of rotatable bonds is 9. The number of benzene rings is 4. The van der Waals surface area contributed by atoms with Crippen LogP contribution in [0.15, 0.2) is 89.8 Å². The molecule has 6 nitrogen and oxygen atoms in total. The van der Waals surface area contributed by atoms with Crippen molar-refractivity contribution in [2.24, 2.45) is 0 Å². The second-order valence-electron chi connectivity index (χ2n) is 8.69. The molecular formula is C29H28FNO5S. The van der Waals surface area contributed by atoms with E-state index in [0.29, 0.717) is 11.1 Å². The van der Waals surface area contributed by atoms with E-state index in [1.54, 1.807) is 23.1 Å². The van der Waals surface area contributed by atoms with Crippen molar-refractivity contribution < 1.29 is 26.5 Å². The van der Waals surface area contributed by atoms with Gasteiger partial charge in [0.25, 0.3) is 5.91 Å². The average molecular weight is 522 g/mol. The number of fused-ring (bicyclic) bond motifs is 1. The van der Waals surface area contributed by atoms with Crippen LogP contribution in [0.4, 0.5) is 4.39 Å². The molecule has 4 aromatic carbocycles. The fraction of sp³-hybridized carbons (Fsp3) is 0.207. The van der Waals surface area contributed by atoms with Crippen molar-refractivity contribution >= 4 is 26.8 Å². The number of carbonyl (C=O) groups is 1. The lowest BCUT2D eigenvalue weighted by atomic mass is 10.0. The van der Waals surface area contributed by atoms with Gasteiger partial charge in [-0.05, 0) is 72.1 Å². The highest BCUT2D eigenvalue weighted by Gasteiger charge is 2.24. The summed E-state index contributed by atoms with van der Waals surface area (Å²) < 4.78 is 49.6. The first-order valence-corrected chi connectivity index (χ1v) is 13.3. The zero-order valence-corrected chi connectivity index (χ0v) is 21.7. The fourth-order valence-corrected chi connectivity index (χ4v) is 5.00. The highest BCUT2D eigenvalue weighted by molar-refractivity contribution is 7.87. The molecule has 1 unspecified atom stereocenters. The van der Waals surface area contributed by atoms with Crippen molar-refractivity contribution in [1.29, 1.82) is 0 Å². The molecule has 1 atom stereocenters. The molecule has 4 aromatic rings. The Bertz CT molecular complexity index is 1510. The lowest BCUT2D eigenvalue weighted by Crippen LogP contribution is -2.37. The average Bonchev–Trinajstić information content (AvgIpc) is 2.90. The molecule has 0 heterocycles. The summed E-state index contributed by atoms with van der Waals surface area (Å²) in [6, 6.07) is 22.6. The van der Waals surface area contributed by atoms with Crippen LogP contribution < -0.4 is 8.92 Å². The standard InChI is InChI=1S/C29H28FNO5S/c1-4-20(2)31(29(32)26-11-7-9-22-8-5-6-10-25(22)26)19-21-12-17-27(35-3)28(18-21)36-37(33,34)24-15-13-23(30)14-16-24/h5-18,20H,4,19H2,1-3H3. The van der Waals surface area contributed by atoms with E-state index in [0.717, 1.165) is 41.5 Å². The Balaban J connectivity index is 1.67. The number of hydrogen-bond donors (Lipinski definition) is 0. The third-order valence-electron chi connectivity index (χ3n) is 6.29. The second kappa shape index (κ2) is 11.0. The molecular weight excluding hydrogens is 493 g/mol. The van der Waals surface area contributed by atoms with Gasteiger partial charge in [0.1, 0.15) is 10.7 Å². The minimum atomic E-state index is -4.24. The predicted octanol–water partition coefficient (Wildman–Crippen LogP) is 6.20. The molecule has 1 amide bonds. The van der Waals surface area contributed by atoms with Crippen LogP contribution in [0.25, 0.3) is 10.8 Å². The van der Waals surface area contributed by atoms with Crippen LogP contribution in [-0.2, 0) is 16.7 Å². The van der Waals surface area contributed by atoms with Gasteiger partial charge in [0, 0.05) is 18.2 Å². The Morgan fingerprint density at radius 3 is 2.35 bits per heavy atom. The molecule has 0 radical (unpaired) electrons. The van der Waals surface area contributed by atoms with E-state index < -0.39 is 15.9 Å². The summed E-state index contributed by atoms with van der Waals surface area (Å²) in [4.78, 5) is 15.3. The highest BCUT2D eigenvalue weighted by Crippen LogP contribution is 2.32. The van der Waals surface area contributed by atoms with E-state index in [1.807, 2.05) is 56.3 Å². The topological polar surface area (TPSA) is 72.9 Å². The van der Waals surface area contributed by atoms with Crippen molar-refractivity contribution in [2.75, 3.05) is 7.11 Å². The predicted molar refractivity (Wildman–Crippen MR) is 141 cm³/mol. The Morgan fingerprint density at radius 2 is 1.65 bits per heavy atom. The third-order valence-corrected chi connectivity index (χ3v) is 7.54. The smallest absolute Gasteiger partial charge is 0.339 e. The van der Waals surface area contributed by atoms with Gasteiger partial charge in [0.15, 0.2) is 11.5 Å². The van der Waals surface area contributed by atoms with Crippen molar-refractivity contribution in [2.45, 2.75) is 37.8 Å². The number of carbonyl (C=O) groups excluding carboxylic acids is 1. The molecule has 8 heteroatoms. The first-order valence-electron chi connectivity index (χ1n) is 11.9. The first-order chi connectivity index (χ1) is 17.7. The van der Waals surface area contributed by atoms with Gasteiger partial charge >= 0.3 is 10.1 Å². The normalized spacial score (nSPS) is 12.2. The molecule has 0 saturated carbocycles. The van der Waals surface area contributed by atoms with Gasteiger partial charge in [0.2, 0.25) is 0 Å². The summed E-state index contributed by atoms with van der Waals surface area (Å²) in [6.45, 7) is 4.21. The number of hydrogen-bond acceptors (Lipinski definition) is 5. The van der Waals surface area contributed by atoms with E-state index in [9.17, 15) is 17.6 Å². The monoisotopic (exact) mass is 521 g/mol. The van der Waals surface area contributed by atoms with Crippen molar-refractivity contribution in [3.05, 3.63) is 102 Å². The molecule has 0 aliphatic carbocycles. The SMILES string of the molecule is CCC(C)N(Cc1ccc(OC)c(OS(=O)(=O)c2ccc(F)cc2)c1)C(=O)c1cccc2ccccc12. The van der Waals surface area contributed by atoms with Crippen LogP contribution in [0, 0.1) is 5.82 Å². The van der Waals surface area contributed by atoms with Crippen LogP contribution in [-0.4, -0.2) is 32.4 Å². The van der Waals surface area contributed by atoms with Crippen molar-refractivity contribution in [1.82, 2.24) is 4.90 Å². The Morgan fingerprint density at radius 1 is 0.946 bits per heavy atom. The summed E-state index contributed by atoms with van der Waals surface area (Å²) in [6.07, 6.45) is 0.731. The molecule has 0 saturated heterocycles. The van der Waals surface area contributed by atoms with Crippen LogP contribution in [0.3, 0.4) is 0 Å². The summed E-state index contributed by atoms with van der Waals surface area (Å²) in [5.41, 5.74) is 1.27. The molecule has 0 aliphatic rings. The van der Waals surface area contributed by atoms with Gasteiger partial charge in [-0.25, -0.2) is 4.39 Å². The van der Waals surface area contributed by atoms with Gasteiger partial charge in [-0.2, -0.15) is 8.42 Å². The molecule has 37 heavy (non-hydrogen) atoms. The van der Waals surface area contributed by atoms with Crippen LogP contribution >= 0.6 is 0 Å². The molecule has 0 aromatic heterocycles. The molecule has 0 fully saturated rings. The van der Waals surface area contributed by atoms with Crippen molar-refractivity contribution in [3.8, 4) is 11.5 Å². The summed E-state index contributed by atoms with van der Waals surface area (Å²) in [7, 11) is -2.84. The van der Waals surface area contributed by atoms with Crippen LogP contribution in [0.2, 0.25) is 0 Å². The number of halogens is 1. The molecule has 0 bridgehead atoms. The van der Waals surface area contributed by atoms with E-state index in [1.165, 1.54) is 7.11 Å². The minimum absolute atomic E-state index is 0.0222. The van der Waals surface area contributed by atoms with Gasteiger partial charge in [-0.3, -0.25) is 4.79 Å². The van der Waals surface area contributed by atoms with Gasteiger partial charge in [0.05, 0.1) is 7.11 Å².